The predicted octanol–water partition coefficient (Wildman–Crippen LogP) is 5.56. The van der Waals surface area contributed by atoms with Crippen molar-refractivity contribution >= 4 is 38.4 Å². The summed E-state index contributed by atoms with van der Waals surface area (Å²) in [6.07, 6.45) is 1.08. The summed E-state index contributed by atoms with van der Waals surface area (Å²) in [5.41, 5.74) is 3.91. The summed E-state index contributed by atoms with van der Waals surface area (Å²) in [5, 5.41) is 6.88. The molecule has 38 heavy (non-hydrogen) atoms. The first-order valence-corrected chi connectivity index (χ1v) is 13.2. The van der Waals surface area contributed by atoms with E-state index in [4.69, 9.17) is 14.2 Å². The Kier molecular flexibility index (Phi) is 6.65. The van der Waals surface area contributed by atoms with Crippen LogP contribution in [0.2, 0.25) is 0 Å². The van der Waals surface area contributed by atoms with E-state index in [1.165, 1.54) is 11.3 Å². The number of ether oxygens (including phenoxy) is 3. The number of dihydropyridines is 1. The third-order valence-corrected chi connectivity index (χ3v) is 7.97. The Morgan fingerprint density at radius 2 is 1.76 bits per heavy atom. The fourth-order valence-corrected chi connectivity index (χ4v) is 6.29. The molecule has 8 nitrogen and oxygen atoms in total. The van der Waals surface area contributed by atoms with Crippen molar-refractivity contribution in [3.63, 3.8) is 0 Å². The zero-order valence-corrected chi connectivity index (χ0v) is 23.2. The number of ketones is 1. The third kappa shape index (κ3) is 4.51. The van der Waals surface area contributed by atoms with Crippen LogP contribution in [0, 0.1) is 5.41 Å². The van der Waals surface area contributed by atoms with Crippen LogP contribution in [0.15, 0.2) is 58.9 Å². The largest absolute Gasteiger partial charge is 0.493 e. The van der Waals surface area contributed by atoms with E-state index in [-0.39, 0.29) is 17.1 Å². The van der Waals surface area contributed by atoms with E-state index in [1.807, 2.05) is 43.3 Å². The van der Waals surface area contributed by atoms with Crippen LogP contribution in [0.1, 0.15) is 45.1 Å². The highest BCUT2D eigenvalue weighted by Gasteiger charge is 2.43. The first-order chi connectivity index (χ1) is 18.2. The molecule has 2 N–H and O–H groups in total. The second kappa shape index (κ2) is 9.79. The molecule has 0 fully saturated rings. The minimum absolute atomic E-state index is 0.0142. The van der Waals surface area contributed by atoms with E-state index >= 15 is 0 Å². The first kappa shape index (κ1) is 25.8. The van der Waals surface area contributed by atoms with Crippen LogP contribution >= 0.6 is 11.3 Å². The fraction of sp³-hybridized carbons (Fsp3) is 0.345. The molecule has 5 rings (SSSR count). The molecular weight excluding hydrogens is 502 g/mol. The molecule has 0 spiro atoms. The maximum absolute atomic E-state index is 13.9. The molecule has 1 unspecified atom stereocenters. The van der Waals surface area contributed by atoms with Gasteiger partial charge in [-0.05, 0) is 48.6 Å². The minimum atomic E-state index is -0.627. The number of aromatic nitrogens is 1. The number of thiazole rings is 1. The van der Waals surface area contributed by atoms with E-state index in [0.717, 1.165) is 15.9 Å². The van der Waals surface area contributed by atoms with Gasteiger partial charge in [0, 0.05) is 34.9 Å². The Bertz CT molecular complexity index is 1460. The van der Waals surface area contributed by atoms with Gasteiger partial charge in [0.15, 0.2) is 22.4 Å². The Morgan fingerprint density at radius 1 is 1.08 bits per heavy atom. The van der Waals surface area contributed by atoms with Crippen LogP contribution in [0.3, 0.4) is 0 Å². The average Bonchev–Trinajstić information content (AvgIpc) is 3.28. The maximum Gasteiger partial charge on any atom is 0.256 e. The van der Waals surface area contributed by atoms with Crippen molar-refractivity contribution in [2.45, 2.75) is 39.5 Å². The smallest absolute Gasteiger partial charge is 0.256 e. The second-order valence-electron chi connectivity index (χ2n) is 10.3. The van der Waals surface area contributed by atoms with Crippen molar-refractivity contribution < 1.29 is 23.8 Å². The van der Waals surface area contributed by atoms with E-state index in [1.54, 1.807) is 21.3 Å². The van der Waals surface area contributed by atoms with E-state index in [9.17, 15) is 9.59 Å². The van der Waals surface area contributed by atoms with Gasteiger partial charge in [-0.2, -0.15) is 0 Å². The third-order valence-electron chi connectivity index (χ3n) is 7.02. The van der Waals surface area contributed by atoms with Gasteiger partial charge in [0.1, 0.15) is 0 Å². The lowest BCUT2D eigenvalue weighted by atomic mass is 9.68. The number of hydrogen-bond donors (Lipinski definition) is 2. The Balaban J connectivity index is 1.65. The molecule has 0 bridgehead atoms. The summed E-state index contributed by atoms with van der Waals surface area (Å²) >= 11 is 1.41. The van der Waals surface area contributed by atoms with Crippen molar-refractivity contribution in [3.8, 4) is 17.2 Å². The Hall–Kier alpha value is -3.85. The van der Waals surface area contributed by atoms with Gasteiger partial charge in [-0.3, -0.25) is 14.9 Å². The monoisotopic (exact) mass is 533 g/mol. The summed E-state index contributed by atoms with van der Waals surface area (Å²) in [6, 6.07) is 11.4. The number of amides is 1. The summed E-state index contributed by atoms with van der Waals surface area (Å²) in [6.45, 7) is 6.03. The molecule has 1 atom stereocenters. The quantitative estimate of drug-likeness (QED) is 0.428. The second-order valence-corrected chi connectivity index (χ2v) is 11.4. The molecule has 2 heterocycles. The van der Waals surface area contributed by atoms with Gasteiger partial charge in [0.25, 0.3) is 5.91 Å². The molecular formula is C29H31N3O5S. The normalized spacial score (nSPS) is 18.7. The number of fused-ring (bicyclic) bond motifs is 1. The number of methoxy groups -OCH3 is 3. The number of carbonyl (C=O) groups is 2. The van der Waals surface area contributed by atoms with Crippen molar-refractivity contribution in [1.29, 1.82) is 0 Å². The fourth-order valence-electron chi connectivity index (χ4n) is 5.43. The van der Waals surface area contributed by atoms with E-state index in [2.05, 4.69) is 29.5 Å². The molecule has 9 heteroatoms. The van der Waals surface area contributed by atoms with Crippen LogP contribution in [0.5, 0.6) is 17.2 Å². The Morgan fingerprint density at radius 3 is 2.39 bits per heavy atom. The van der Waals surface area contributed by atoms with E-state index < -0.39 is 5.92 Å². The SMILES string of the molecule is COc1cc(C2C(C(=O)Nc3nc4ccccc4s3)=C(C)NC3=C2C(=O)CC(C)(C)C3)cc(OC)c1OC. The molecule has 1 aliphatic heterocycles. The summed E-state index contributed by atoms with van der Waals surface area (Å²) in [4.78, 5) is 32.1. The molecule has 0 radical (unpaired) electrons. The van der Waals surface area contributed by atoms with Gasteiger partial charge in [-0.15, -0.1) is 0 Å². The number of anilines is 1. The number of hydrogen-bond acceptors (Lipinski definition) is 8. The lowest BCUT2D eigenvalue weighted by molar-refractivity contribution is -0.118. The predicted molar refractivity (Wildman–Crippen MR) is 148 cm³/mol. The maximum atomic E-state index is 13.9. The average molecular weight is 534 g/mol. The van der Waals surface area contributed by atoms with Crippen molar-refractivity contribution in [3.05, 3.63) is 64.5 Å². The standard InChI is InChI=1S/C29H31N3O5S/c1-15-23(27(34)32-28-31-17-9-7-8-10-22(17)38-28)24(25-18(30-15)13-29(2,3)14-19(25)33)16-11-20(35-4)26(37-6)21(12-16)36-5/h7-12,24,30H,13-14H2,1-6H3,(H,31,32,34). The minimum Gasteiger partial charge on any atom is -0.493 e. The Labute approximate surface area is 225 Å². The first-order valence-electron chi connectivity index (χ1n) is 12.4. The lowest BCUT2D eigenvalue weighted by Gasteiger charge is -2.39. The highest BCUT2D eigenvalue weighted by atomic mass is 32.1. The van der Waals surface area contributed by atoms with Gasteiger partial charge in [0.05, 0.1) is 31.5 Å². The van der Waals surface area contributed by atoms with Gasteiger partial charge in [0.2, 0.25) is 5.75 Å². The van der Waals surface area contributed by atoms with Crippen molar-refractivity contribution in [2.24, 2.45) is 5.41 Å². The number of Topliss-reactive ketones (excluding diaryl/α,β-unsaturated/α-hetero) is 1. The molecule has 2 aromatic carbocycles. The molecule has 0 saturated carbocycles. The number of nitrogens with zero attached hydrogens (tertiary/aromatic N) is 1. The molecule has 1 aromatic heterocycles. The number of nitrogens with one attached hydrogen (secondary N) is 2. The zero-order valence-electron chi connectivity index (χ0n) is 22.4. The highest BCUT2D eigenvalue weighted by Crippen LogP contribution is 2.49. The van der Waals surface area contributed by atoms with Crippen molar-refractivity contribution in [2.75, 3.05) is 26.6 Å². The summed E-state index contributed by atoms with van der Waals surface area (Å²) in [5.74, 6) is 0.416. The molecule has 198 valence electrons. The van der Waals surface area contributed by atoms with Crippen molar-refractivity contribution in [1.82, 2.24) is 10.3 Å². The molecule has 2 aliphatic rings. The zero-order chi connectivity index (χ0) is 27.2. The molecule has 1 amide bonds. The number of para-hydroxylation sites is 1. The summed E-state index contributed by atoms with van der Waals surface area (Å²) < 4.78 is 17.7. The molecule has 0 saturated heterocycles. The van der Waals surface area contributed by atoms with Gasteiger partial charge in [-0.1, -0.05) is 37.3 Å². The van der Waals surface area contributed by atoms with Crippen LogP contribution in [0.4, 0.5) is 5.13 Å². The highest BCUT2D eigenvalue weighted by molar-refractivity contribution is 7.22. The molecule has 1 aliphatic carbocycles. The molecule has 3 aromatic rings. The number of carbonyl (C=O) groups excluding carboxylic acids is 2. The van der Waals surface area contributed by atoms with Crippen LogP contribution in [-0.2, 0) is 9.59 Å². The summed E-state index contributed by atoms with van der Waals surface area (Å²) in [7, 11) is 4.63. The number of rotatable bonds is 6. The van der Waals surface area contributed by atoms with E-state index in [0.29, 0.717) is 57.6 Å². The lowest BCUT2D eigenvalue weighted by Crippen LogP contribution is -2.39. The van der Waals surface area contributed by atoms with Crippen LogP contribution in [0.25, 0.3) is 10.2 Å². The van der Waals surface area contributed by atoms with Crippen LogP contribution < -0.4 is 24.8 Å². The number of benzene rings is 2. The number of allylic oxidation sites excluding steroid dienone is 3. The van der Waals surface area contributed by atoms with Gasteiger partial charge in [-0.25, -0.2) is 4.98 Å². The van der Waals surface area contributed by atoms with Gasteiger partial charge >= 0.3 is 0 Å². The van der Waals surface area contributed by atoms with Gasteiger partial charge < -0.3 is 19.5 Å². The van der Waals surface area contributed by atoms with Crippen LogP contribution in [-0.4, -0.2) is 38.0 Å². The topological polar surface area (TPSA) is 98.8 Å².